The molecule has 0 saturated carbocycles. The lowest BCUT2D eigenvalue weighted by atomic mass is 10.0. The highest BCUT2D eigenvalue weighted by Crippen LogP contribution is 2.17. The molecule has 2 heterocycles. The smallest absolute Gasteiger partial charge is 0.287 e. The van der Waals surface area contributed by atoms with Crippen LogP contribution in [0, 0.1) is 5.92 Å². The highest BCUT2D eigenvalue weighted by molar-refractivity contribution is 5.91. The van der Waals surface area contributed by atoms with E-state index in [9.17, 15) is 9.59 Å². The Morgan fingerprint density at radius 3 is 3.05 bits per heavy atom. The zero-order chi connectivity index (χ0) is 14.5. The predicted molar refractivity (Wildman–Crippen MR) is 71.3 cm³/mol. The van der Waals surface area contributed by atoms with Gasteiger partial charge in [-0.2, -0.15) is 0 Å². The first-order chi connectivity index (χ1) is 9.60. The van der Waals surface area contributed by atoms with E-state index in [1.807, 2.05) is 10.3 Å². The molecule has 2 rings (SSSR count). The van der Waals surface area contributed by atoms with Crippen LogP contribution in [0.1, 0.15) is 36.7 Å². The first-order valence-electron chi connectivity index (χ1n) is 6.79. The van der Waals surface area contributed by atoms with Crippen LogP contribution in [-0.4, -0.2) is 44.8 Å². The van der Waals surface area contributed by atoms with Crippen LogP contribution < -0.4 is 11.3 Å². The number of amides is 2. The zero-order valence-electron chi connectivity index (χ0n) is 11.6. The third-order valence-corrected chi connectivity index (χ3v) is 3.60. The first-order valence-corrected chi connectivity index (χ1v) is 6.79. The Labute approximate surface area is 117 Å². The van der Waals surface area contributed by atoms with Crippen molar-refractivity contribution in [1.29, 1.82) is 0 Å². The van der Waals surface area contributed by atoms with Crippen molar-refractivity contribution in [2.24, 2.45) is 11.8 Å². The number of aromatic nitrogens is 3. The van der Waals surface area contributed by atoms with Gasteiger partial charge in [0.2, 0.25) is 5.91 Å². The minimum absolute atomic E-state index is 0.170. The van der Waals surface area contributed by atoms with Gasteiger partial charge in [-0.1, -0.05) is 12.1 Å². The van der Waals surface area contributed by atoms with Crippen LogP contribution in [0.3, 0.4) is 0 Å². The summed E-state index contributed by atoms with van der Waals surface area (Å²) in [5, 5.41) is 7.56. The summed E-state index contributed by atoms with van der Waals surface area (Å²) >= 11 is 0. The summed E-state index contributed by atoms with van der Waals surface area (Å²) in [6, 6.07) is 0. The van der Waals surface area contributed by atoms with E-state index in [1.54, 1.807) is 4.68 Å². The average molecular weight is 280 g/mol. The summed E-state index contributed by atoms with van der Waals surface area (Å²) in [4.78, 5) is 25.0. The summed E-state index contributed by atoms with van der Waals surface area (Å²) < 4.78 is 1.55. The molecule has 1 aliphatic heterocycles. The second kappa shape index (κ2) is 6.47. The molecular weight excluding hydrogens is 260 g/mol. The Bertz CT molecular complexity index is 486. The lowest BCUT2D eigenvalue weighted by Gasteiger charge is -2.20. The Morgan fingerprint density at radius 2 is 2.30 bits per heavy atom. The molecule has 0 bridgehead atoms. The number of hydrogen-bond acceptors (Lipinski definition) is 5. The fraction of sp³-hybridized carbons (Fsp3) is 0.667. The number of hydrazine groups is 1. The van der Waals surface area contributed by atoms with Crippen LogP contribution in [0.5, 0.6) is 0 Å². The van der Waals surface area contributed by atoms with E-state index in [0.717, 1.165) is 19.4 Å². The van der Waals surface area contributed by atoms with Crippen LogP contribution in [0.25, 0.3) is 0 Å². The SMILES string of the molecule is CC1CCC(=O)N(CCn2cc(C(=O)NN)nn2)CC1. The number of rotatable bonds is 4. The van der Waals surface area contributed by atoms with Gasteiger partial charge in [-0.3, -0.25) is 15.0 Å². The van der Waals surface area contributed by atoms with Crippen molar-refractivity contribution in [3.05, 3.63) is 11.9 Å². The number of hydrogen-bond donors (Lipinski definition) is 2. The maximum atomic E-state index is 11.9. The maximum Gasteiger partial charge on any atom is 0.287 e. The van der Waals surface area contributed by atoms with Crippen molar-refractivity contribution in [2.75, 3.05) is 13.1 Å². The van der Waals surface area contributed by atoms with Crippen molar-refractivity contribution in [3.63, 3.8) is 0 Å². The van der Waals surface area contributed by atoms with E-state index in [1.165, 1.54) is 6.20 Å². The number of nitrogens with two attached hydrogens (primary N) is 1. The van der Waals surface area contributed by atoms with E-state index in [-0.39, 0.29) is 11.6 Å². The minimum Gasteiger partial charge on any atom is -0.341 e. The van der Waals surface area contributed by atoms with Crippen LogP contribution in [0.2, 0.25) is 0 Å². The van der Waals surface area contributed by atoms with Gasteiger partial charge in [-0.15, -0.1) is 5.10 Å². The van der Waals surface area contributed by atoms with E-state index in [0.29, 0.717) is 25.4 Å². The average Bonchev–Trinajstić information content (AvgIpc) is 2.86. The third-order valence-electron chi connectivity index (χ3n) is 3.60. The number of nitrogen functional groups attached to an aromatic ring is 1. The number of likely N-dealkylation sites (tertiary alicyclic amines) is 1. The molecule has 2 amide bonds. The Hall–Kier alpha value is -1.96. The molecule has 0 radical (unpaired) electrons. The second-order valence-corrected chi connectivity index (χ2v) is 5.15. The molecule has 3 N–H and O–H groups in total. The van der Waals surface area contributed by atoms with Gasteiger partial charge in [0.15, 0.2) is 5.69 Å². The van der Waals surface area contributed by atoms with Gasteiger partial charge in [0, 0.05) is 19.5 Å². The van der Waals surface area contributed by atoms with Crippen LogP contribution in [0.15, 0.2) is 6.20 Å². The van der Waals surface area contributed by atoms with Crippen LogP contribution in [0.4, 0.5) is 0 Å². The van der Waals surface area contributed by atoms with Crippen LogP contribution in [-0.2, 0) is 11.3 Å². The van der Waals surface area contributed by atoms with Crippen molar-refractivity contribution in [1.82, 2.24) is 25.3 Å². The summed E-state index contributed by atoms with van der Waals surface area (Å²) in [5.74, 6) is 5.33. The molecule has 0 spiro atoms. The second-order valence-electron chi connectivity index (χ2n) is 5.15. The fourth-order valence-corrected chi connectivity index (χ4v) is 2.22. The van der Waals surface area contributed by atoms with Crippen molar-refractivity contribution in [3.8, 4) is 0 Å². The number of nitrogens with zero attached hydrogens (tertiary/aromatic N) is 4. The molecule has 1 unspecified atom stereocenters. The third kappa shape index (κ3) is 3.53. The first kappa shape index (κ1) is 14.4. The van der Waals surface area contributed by atoms with Crippen molar-refractivity contribution in [2.45, 2.75) is 32.7 Å². The molecule has 8 nitrogen and oxygen atoms in total. The Balaban J connectivity index is 1.89. The Kier molecular flexibility index (Phi) is 4.67. The Morgan fingerprint density at radius 1 is 1.50 bits per heavy atom. The maximum absolute atomic E-state index is 11.9. The highest BCUT2D eigenvalue weighted by atomic mass is 16.2. The molecule has 1 aromatic heterocycles. The summed E-state index contributed by atoms with van der Waals surface area (Å²) in [6.45, 7) is 4.06. The molecule has 1 aromatic rings. The summed E-state index contributed by atoms with van der Waals surface area (Å²) in [6.07, 6.45) is 4.12. The van der Waals surface area contributed by atoms with E-state index in [4.69, 9.17) is 5.84 Å². The van der Waals surface area contributed by atoms with Crippen molar-refractivity contribution < 1.29 is 9.59 Å². The summed E-state index contributed by atoms with van der Waals surface area (Å²) in [7, 11) is 0. The predicted octanol–water partition coefficient (Wildman–Crippen LogP) is -0.470. The molecule has 0 aromatic carbocycles. The largest absolute Gasteiger partial charge is 0.341 e. The van der Waals surface area contributed by atoms with Gasteiger partial charge in [0.1, 0.15) is 0 Å². The van der Waals surface area contributed by atoms with Gasteiger partial charge in [0.25, 0.3) is 5.91 Å². The van der Waals surface area contributed by atoms with Gasteiger partial charge < -0.3 is 4.90 Å². The molecule has 1 aliphatic rings. The van der Waals surface area contributed by atoms with Gasteiger partial charge in [0.05, 0.1) is 12.7 Å². The van der Waals surface area contributed by atoms with Gasteiger partial charge in [-0.25, -0.2) is 10.5 Å². The summed E-state index contributed by atoms with van der Waals surface area (Å²) in [5.41, 5.74) is 2.17. The lowest BCUT2D eigenvalue weighted by Crippen LogP contribution is -2.33. The molecule has 1 atom stereocenters. The number of carbonyl (C=O) groups excluding carboxylic acids is 2. The molecule has 0 aliphatic carbocycles. The monoisotopic (exact) mass is 280 g/mol. The van der Waals surface area contributed by atoms with Gasteiger partial charge in [-0.05, 0) is 18.8 Å². The van der Waals surface area contributed by atoms with Gasteiger partial charge >= 0.3 is 0 Å². The van der Waals surface area contributed by atoms with Crippen LogP contribution >= 0.6 is 0 Å². The molecule has 110 valence electrons. The minimum atomic E-state index is -0.476. The topological polar surface area (TPSA) is 106 Å². The number of carbonyl (C=O) groups is 2. The lowest BCUT2D eigenvalue weighted by molar-refractivity contribution is -0.130. The van der Waals surface area contributed by atoms with E-state index < -0.39 is 5.91 Å². The van der Waals surface area contributed by atoms with E-state index >= 15 is 0 Å². The van der Waals surface area contributed by atoms with E-state index in [2.05, 4.69) is 17.2 Å². The quantitative estimate of drug-likeness (QED) is 0.440. The molecule has 1 saturated heterocycles. The standard InChI is InChI=1S/C12H20N6O2/c1-9-2-3-11(19)17(5-4-9)6-7-18-8-10(15-16-18)12(20)14-13/h8-9H,2-7,13H2,1H3,(H,14,20). The molecule has 1 fully saturated rings. The van der Waals surface area contributed by atoms with Crippen molar-refractivity contribution >= 4 is 11.8 Å². The molecule has 20 heavy (non-hydrogen) atoms. The highest BCUT2D eigenvalue weighted by Gasteiger charge is 2.20. The molecular formula is C12H20N6O2. The fourth-order valence-electron chi connectivity index (χ4n) is 2.22. The number of nitrogens with one attached hydrogen (secondary N) is 1. The zero-order valence-corrected chi connectivity index (χ0v) is 11.6. The normalized spacial score (nSPS) is 19.8. The molecule has 8 heteroatoms.